The summed E-state index contributed by atoms with van der Waals surface area (Å²) < 4.78 is 5.16. The molecule has 0 N–H and O–H groups in total. The first-order valence-corrected chi connectivity index (χ1v) is 7.88. The van der Waals surface area contributed by atoms with Crippen LogP contribution in [0.4, 0.5) is 0 Å². The normalized spacial score (nSPS) is 8.83. The molecule has 136 valence electrons. The number of carbonyl (C=O) groups is 2. The van der Waals surface area contributed by atoms with Crippen molar-refractivity contribution in [1.29, 1.82) is 0 Å². The van der Waals surface area contributed by atoms with Gasteiger partial charge in [-0.15, -0.1) is 0 Å². The molecule has 5 nitrogen and oxygen atoms in total. The highest BCUT2D eigenvalue weighted by atomic mass is 16.4. The third kappa shape index (κ3) is 7.81. The summed E-state index contributed by atoms with van der Waals surface area (Å²) in [7, 11) is 0. The highest BCUT2D eigenvalue weighted by Gasteiger charge is 2.20. The molecule has 2 aromatic rings. The lowest BCUT2D eigenvalue weighted by molar-refractivity contribution is -0.0987. The molecule has 0 radical (unpaired) electrons. The fourth-order valence-corrected chi connectivity index (χ4v) is 1.81. The van der Waals surface area contributed by atoms with Crippen LogP contribution in [-0.4, -0.2) is 18.6 Å². The summed E-state index contributed by atoms with van der Waals surface area (Å²) in [6.07, 6.45) is 0. The second kappa shape index (κ2) is 14.3. The summed E-state index contributed by atoms with van der Waals surface area (Å²) >= 11 is 0. The number of nitrogens with zero attached hydrogens (tertiary/aromatic N) is 1. The first-order valence-electron chi connectivity index (χ1n) is 7.88. The molecule has 0 aliphatic carbocycles. The van der Waals surface area contributed by atoms with Crippen molar-refractivity contribution in [3.63, 3.8) is 0 Å². The summed E-state index contributed by atoms with van der Waals surface area (Å²) in [5, 5.41) is 0.923. The zero-order valence-corrected chi connectivity index (χ0v) is 16.2. The van der Waals surface area contributed by atoms with E-state index in [-0.39, 0.29) is 5.41 Å². The number of hydrogen-bond acceptors (Lipinski definition) is 5. The zero-order valence-electron chi connectivity index (χ0n) is 16.2. The van der Waals surface area contributed by atoms with Crippen molar-refractivity contribution in [3.8, 4) is 0 Å². The van der Waals surface area contributed by atoms with Gasteiger partial charge in [-0.3, -0.25) is 0 Å². The standard InChI is InChI=1S/C13H15NO2.2C2H6.2CH2O/c1-8-6-5-7-9-10(8)16-12(15)14-11(9)13(2,3)4;4*1-2/h5-7H,1-4H3;2*1-2H3;2*1H2. The summed E-state index contributed by atoms with van der Waals surface area (Å²) in [6, 6.07) is 5.82. The molecule has 0 aliphatic rings. The Labute approximate surface area is 145 Å². The number of carbonyl (C=O) groups excluding carboxylic acids is 2. The van der Waals surface area contributed by atoms with Gasteiger partial charge in [-0.05, 0) is 18.6 Å². The van der Waals surface area contributed by atoms with Crippen LogP contribution in [0.5, 0.6) is 0 Å². The van der Waals surface area contributed by atoms with Crippen molar-refractivity contribution in [1.82, 2.24) is 4.98 Å². The van der Waals surface area contributed by atoms with Crippen LogP contribution >= 0.6 is 0 Å². The Balaban J connectivity index is -0.000000484. The third-order valence-electron chi connectivity index (χ3n) is 2.57. The topological polar surface area (TPSA) is 77.2 Å². The van der Waals surface area contributed by atoms with Crippen molar-refractivity contribution in [3.05, 3.63) is 40.0 Å². The monoisotopic (exact) mass is 337 g/mol. The van der Waals surface area contributed by atoms with E-state index < -0.39 is 5.76 Å². The first-order chi connectivity index (χ1) is 11.4. The van der Waals surface area contributed by atoms with Crippen molar-refractivity contribution < 1.29 is 14.0 Å². The van der Waals surface area contributed by atoms with Gasteiger partial charge in [0, 0.05) is 10.8 Å². The number of aryl methyl sites for hydroxylation is 1. The minimum atomic E-state index is -0.522. The second-order valence-corrected chi connectivity index (χ2v) is 5.03. The van der Waals surface area contributed by atoms with E-state index in [1.807, 2.05) is 87.2 Å². The van der Waals surface area contributed by atoms with Crippen LogP contribution in [0.15, 0.2) is 27.4 Å². The van der Waals surface area contributed by atoms with Gasteiger partial charge < -0.3 is 14.0 Å². The summed E-state index contributed by atoms with van der Waals surface area (Å²) in [5.74, 6) is -0.522. The van der Waals surface area contributed by atoms with Crippen molar-refractivity contribution in [2.24, 2.45) is 0 Å². The van der Waals surface area contributed by atoms with Gasteiger partial charge in [0.15, 0.2) is 0 Å². The highest BCUT2D eigenvalue weighted by molar-refractivity contribution is 5.82. The van der Waals surface area contributed by atoms with E-state index in [1.54, 1.807) is 0 Å². The van der Waals surface area contributed by atoms with E-state index in [4.69, 9.17) is 14.0 Å². The number of para-hydroxylation sites is 1. The van der Waals surface area contributed by atoms with Crippen LogP contribution in [0, 0.1) is 6.92 Å². The van der Waals surface area contributed by atoms with Crippen molar-refractivity contribution >= 4 is 24.5 Å². The van der Waals surface area contributed by atoms with Crippen molar-refractivity contribution in [2.75, 3.05) is 0 Å². The molecular formula is C19H31NO4. The quantitative estimate of drug-likeness (QED) is 0.708. The number of fused-ring (bicyclic) bond motifs is 1. The molecule has 0 amide bonds. The molecule has 0 unspecified atom stereocenters. The predicted molar refractivity (Wildman–Crippen MR) is 101 cm³/mol. The van der Waals surface area contributed by atoms with E-state index in [9.17, 15) is 4.79 Å². The molecule has 24 heavy (non-hydrogen) atoms. The Morgan fingerprint density at radius 2 is 1.42 bits per heavy atom. The molecular weight excluding hydrogens is 306 g/mol. The molecule has 0 saturated carbocycles. The van der Waals surface area contributed by atoms with Crippen LogP contribution in [0.1, 0.15) is 59.7 Å². The third-order valence-corrected chi connectivity index (χ3v) is 2.57. The largest absolute Gasteiger partial charge is 0.439 e. The van der Waals surface area contributed by atoms with E-state index in [2.05, 4.69) is 4.98 Å². The van der Waals surface area contributed by atoms with E-state index >= 15 is 0 Å². The van der Waals surface area contributed by atoms with Gasteiger partial charge in [0.2, 0.25) is 0 Å². The van der Waals surface area contributed by atoms with Crippen LogP contribution in [0.25, 0.3) is 11.0 Å². The van der Waals surface area contributed by atoms with Gasteiger partial charge >= 0.3 is 5.76 Å². The maximum Gasteiger partial charge on any atom is 0.439 e. The molecule has 0 aliphatic heterocycles. The number of rotatable bonds is 0. The molecule has 1 aromatic heterocycles. The lowest BCUT2D eigenvalue weighted by Crippen LogP contribution is -2.19. The van der Waals surface area contributed by atoms with Crippen LogP contribution in [0.2, 0.25) is 0 Å². The molecule has 0 atom stereocenters. The van der Waals surface area contributed by atoms with Crippen LogP contribution in [0.3, 0.4) is 0 Å². The van der Waals surface area contributed by atoms with E-state index in [1.165, 1.54) is 0 Å². The second-order valence-electron chi connectivity index (χ2n) is 5.03. The van der Waals surface area contributed by atoms with Crippen LogP contribution in [-0.2, 0) is 15.0 Å². The Kier molecular flexibility index (Phi) is 15.8. The van der Waals surface area contributed by atoms with Gasteiger partial charge in [0.25, 0.3) is 0 Å². The van der Waals surface area contributed by atoms with Gasteiger partial charge in [-0.25, -0.2) is 4.79 Å². The Bertz CT molecular complexity index is 625. The van der Waals surface area contributed by atoms with Crippen LogP contribution < -0.4 is 5.76 Å². The maximum absolute atomic E-state index is 11.4. The summed E-state index contributed by atoms with van der Waals surface area (Å²) in [5.41, 5.74) is 2.24. The number of hydrogen-bond donors (Lipinski definition) is 0. The lowest BCUT2D eigenvalue weighted by atomic mass is 9.89. The fourth-order valence-electron chi connectivity index (χ4n) is 1.81. The SMILES string of the molecule is C=O.C=O.CC.CC.Cc1cccc2c(C(C)(C)C)nc(=O)oc12. The molecule has 1 heterocycles. The lowest BCUT2D eigenvalue weighted by Gasteiger charge is -2.18. The van der Waals surface area contributed by atoms with Gasteiger partial charge in [-0.1, -0.05) is 60.6 Å². The van der Waals surface area contributed by atoms with Gasteiger partial charge in [0.05, 0.1) is 5.69 Å². The average molecular weight is 337 g/mol. The predicted octanol–water partition coefficient (Wildman–Crippen LogP) is 4.48. The average Bonchev–Trinajstić information content (AvgIpc) is 2.61. The smallest absolute Gasteiger partial charge is 0.408 e. The summed E-state index contributed by atoms with van der Waals surface area (Å²) in [6.45, 7) is 20.0. The Morgan fingerprint density at radius 3 is 1.83 bits per heavy atom. The van der Waals surface area contributed by atoms with E-state index in [0.717, 1.165) is 16.6 Å². The highest BCUT2D eigenvalue weighted by Crippen LogP contribution is 2.27. The molecule has 2 rings (SSSR count). The maximum atomic E-state index is 11.4. The molecule has 1 aromatic carbocycles. The van der Waals surface area contributed by atoms with Crippen molar-refractivity contribution in [2.45, 2.75) is 60.8 Å². The number of benzene rings is 1. The molecule has 0 saturated heterocycles. The first kappa shape index (κ1) is 26.6. The minimum absolute atomic E-state index is 0.165. The fraction of sp³-hybridized carbons (Fsp3) is 0.474. The molecule has 0 bridgehead atoms. The molecule has 0 fully saturated rings. The van der Waals surface area contributed by atoms with Gasteiger partial charge in [-0.2, -0.15) is 4.98 Å². The number of aromatic nitrogens is 1. The molecule has 0 spiro atoms. The summed E-state index contributed by atoms with van der Waals surface area (Å²) in [4.78, 5) is 31.4. The Morgan fingerprint density at radius 1 is 0.958 bits per heavy atom. The minimum Gasteiger partial charge on any atom is -0.408 e. The zero-order chi connectivity index (χ0) is 19.9. The van der Waals surface area contributed by atoms with Gasteiger partial charge in [0.1, 0.15) is 19.2 Å². The Hall–Kier alpha value is -2.30. The van der Waals surface area contributed by atoms with E-state index in [0.29, 0.717) is 5.58 Å². The molecule has 5 heteroatoms.